The van der Waals surface area contributed by atoms with Gasteiger partial charge in [-0.05, 0) is 32.9 Å². The summed E-state index contributed by atoms with van der Waals surface area (Å²) in [6.07, 6.45) is -0.0878. The van der Waals surface area contributed by atoms with Crippen LogP contribution in [-0.4, -0.2) is 40.3 Å². The van der Waals surface area contributed by atoms with Gasteiger partial charge in [0.25, 0.3) is 5.91 Å². The number of nitrogens with zero attached hydrogens (tertiary/aromatic N) is 1. The third-order valence-electron chi connectivity index (χ3n) is 2.99. The van der Waals surface area contributed by atoms with Gasteiger partial charge in [0.15, 0.2) is 5.78 Å². The Morgan fingerprint density at radius 1 is 1.10 bits per heavy atom. The van der Waals surface area contributed by atoms with Crippen molar-refractivity contribution in [2.75, 3.05) is 6.54 Å². The van der Waals surface area contributed by atoms with Crippen LogP contribution in [0.5, 0.6) is 0 Å². The zero-order valence-corrected chi connectivity index (χ0v) is 11.9. The number of benzene rings is 1. The summed E-state index contributed by atoms with van der Waals surface area (Å²) in [6.45, 7) is 5.30. The Labute approximate surface area is 118 Å². The van der Waals surface area contributed by atoms with E-state index in [1.165, 1.54) is 11.8 Å². The van der Waals surface area contributed by atoms with Gasteiger partial charge in [-0.15, -0.1) is 0 Å². The normalized spacial score (nSPS) is 10.4. The number of carboxylic acids is 1. The second-order valence-corrected chi connectivity index (χ2v) is 4.87. The van der Waals surface area contributed by atoms with Crippen molar-refractivity contribution in [2.45, 2.75) is 33.2 Å². The van der Waals surface area contributed by atoms with Crippen molar-refractivity contribution in [3.63, 3.8) is 0 Å². The maximum Gasteiger partial charge on any atom is 0.305 e. The summed E-state index contributed by atoms with van der Waals surface area (Å²) in [4.78, 5) is 35.7. The Morgan fingerprint density at radius 3 is 2.00 bits per heavy atom. The fourth-order valence-electron chi connectivity index (χ4n) is 1.82. The molecule has 20 heavy (non-hydrogen) atoms. The highest BCUT2D eigenvalue weighted by molar-refractivity contribution is 5.97. The minimum atomic E-state index is -0.935. The maximum atomic E-state index is 12.3. The van der Waals surface area contributed by atoms with Crippen LogP contribution in [0.1, 0.15) is 47.9 Å². The molecule has 1 N–H and O–H groups in total. The van der Waals surface area contributed by atoms with Gasteiger partial charge < -0.3 is 10.0 Å². The van der Waals surface area contributed by atoms with Crippen LogP contribution in [0.15, 0.2) is 24.3 Å². The number of hydrogen-bond donors (Lipinski definition) is 1. The molecular formula is C15H19NO4. The number of Topliss-reactive ketones (excluding diaryl/α,β-unsaturated/α-hetero) is 1. The second kappa shape index (κ2) is 6.84. The van der Waals surface area contributed by atoms with Gasteiger partial charge in [0.05, 0.1) is 6.42 Å². The van der Waals surface area contributed by atoms with Crippen molar-refractivity contribution in [2.24, 2.45) is 0 Å². The number of amides is 1. The topological polar surface area (TPSA) is 74.7 Å². The standard InChI is InChI=1S/C15H19NO4/c1-10(2)16(9-8-14(18)19)15(20)13-6-4-12(5-7-13)11(3)17/h4-7,10H,8-9H2,1-3H3,(H,18,19). The highest BCUT2D eigenvalue weighted by atomic mass is 16.4. The molecule has 0 aliphatic rings. The molecule has 0 saturated heterocycles. The Morgan fingerprint density at radius 2 is 1.60 bits per heavy atom. The first-order valence-corrected chi connectivity index (χ1v) is 6.46. The van der Waals surface area contributed by atoms with Crippen LogP contribution in [-0.2, 0) is 4.79 Å². The number of carboxylic acid groups (broad SMARTS) is 1. The highest BCUT2D eigenvalue weighted by Crippen LogP contribution is 2.11. The smallest absolute Gasteiger partial charge is 0.305 e. The van der Waals surface area contributed by atoms with Gasteiger partial charge in [0.2, 0.25) is 0 Å². The molecule has 0 unspecified atom stereocenters. The van der Waals surface area contributed by atoms with Crippen molar-refractivity contribution in [1.82, 2.24) is 4.90 Å². The molecule has 1 aromatic carbocycles. The lowest BCUT2D eigenvalue weighted by molar-refractivity contribution is -0.137. The van der Waals surface area contributed by atoms with E-state index in [2.05, 4.69) is 0 Å². The summed E-state index contributed by atoms with van der Waals surface area (Å²) in [7, 11) is 0. The second-order valence-electron chi connectivity index (χ2n) is 4.87. The molecule has 108 valence electrons. The summed E-state index contributed by atoms with van der Waals surface area (Å²) in [5, 5.41) is 8.72. The molecule has 0 radical (unpaired) electrons. The lowest BCUT2D eigenvalue weighted by Crippen LogP contribution is -2.38. The van der Waals surface area contributed by atoms with E-state index < -0.39 is 5.97 Å². The number of carbonyl (C=O) groups is 3. The van der Waals surface area contributed by atoms with Gasteiger partial charge in [-0.25, -0.2) is 0 Å². The number of ketones is 1. The van der Waals surface area contributed by atoms with Crippen molar-refractivity contribution < 1.29 is 19.5 Å². The van der Waals surface area contributed by atoms with E-state index in [0.717, 1.165) is 0 Å². The van der Waals surface area contributed by atoms with Gasteiger partial charge in [0.1, 0.15) is 0 Å². The van der Waals surface area contributed by atoms with E-state index in [9.17, 15) is 14.4 Å². The number of rotatable bonds is 6. The molecule has 0 saturated carbocycles. The SMILES string of the molecule is CC(=O)c1ccc(C(=O)N(CCC(=O)O)C(C)C)cc1. The molecule has 1 aromatic rings. The third kappa shape index (κ3) is 4.19. The maximum absolute atomic E-state index is 12.3. The first kappa shape index (κ1) is 15.9. The molecule has 0 spiro atoms. The summed E-state index contributed by atoms with van der Waals surface area (Å²) < 4.78 is 0. The van der Waals surface area contributed by atoms with E-state index in [1.54, 1.807) is 24.3 Å². The summed E-state index contributed by atoms with van der Waals surface area (Å²) >= 11 is 0. The lowest BCUT2D eigenvalue weighted by Gasteiger charge is -2.26. The monoisotopic (exact) mass is 277 g/mol. The van der Waals surface area contributed by atoms with Crippen molar-refractivity contribution in [3.8, 4) is 0 Å². The fourth-order valence-corrected chi connectivity index (χ4v) is 1.82. The number of hydrogen-bond acceptors (Lipinski definition) is 3. The van der Waals surface area contributed by atoms with E-state index in [4.69, 9.17) is 5.11 Å². The Bertz CT molecular complexity index is 505. The molecule has 0 aliphatic heterocycles. The average Bonchev–Trinajstić information content (AvgIpc) is 2.38. The molecule has 0 aliphatic carbocycles. The van der Waals surface area contributed by atoms with Crippen LogP contribution >= 0.6 is 0 Å². The first-order chi connectivity index (χ1) is 9.32. The minimum Gasteiger partial charge on any atom is -0.481 e. The molecule has 0 bridgehead atoms. The number of aliphatic carboxylic acids is 1. The van der Waals surface area contributed by atoms with Crippen LogP contribution in [0.2, 0.25) is 0 Å². The van der Waals surface area contributed by atoms with E-state index in [1.807, 2.05) is 13.8 Å². The molecule has 0 heterocycles. The van der Waals surface area contributed by atoms with Gasteiger partial charge in [0, 0.05) is 23.7 Å². The summed E-state index contributed by atoms with van der Waals surface area (Å²) in [6, 6.07) is 6.30. The van der Waals surface area contributed by atoms with Crippen molar-refractivity contribution in [3.05, 3.63) is 35.4 Å². The predicted molar refractivity (Wildman–Crippen MR) is 74.9 cm³/mol. The largest absolute Gasteiger partial charge is 0.481 e. The molecule has 5 nitrogen and oxygen atoms in total. The molecule has 5 heteroatoms. The molecule has 0 atom stereocenters. The zero-order valence-electron chi connectivity index (χ0n) is 11.9. The van der Waals surface area contributed by atoms with Crippen molar-refractivity contribution >= 4 is 17.7 Å². The van der Waals surface area contributed by atoms with Crippen molar-refractivity contribution in [1.29, 1.82) is 0 Å². The lowest BCUT2D eigenvalue weighted by atomic mass is 10.1. The van der Waals surface area contributed by atoms with E-state index >= 15 is 0 Å². The third-order valence-corrected chi connectivity index (χ3v) is 2.99. The van der Waals surface area contributed by atoms with Crippen LogP contribution in [0.25, 0.3) is 0 Å². The fraction of sp³-hybridized carbons (Fsp3) is 0.400. The molecular weight excluding hydrogens is 258 g/mol. The quantitative estimate of drug-likeness (QED) is 0.809. The van der Waals surface area contributed by atoms with Gasteiger partial charge >= 0.3 is 5.97 Å². The average molecular weight is 277 g/mol. The zero-order chi connectivity index (χ0) is 15.3. The van der Waals surface area contributed by atoms with E-state index in [0.29, 0.717) is 11.1 Å². The molecule has 0 aromatic heterocycles. The highest BCUT2D eigenvalue weighted by Gasteiger charge is 2.19. The molecule has 1 rings (SSSR count). The van der Waals surface area contributed by atoms with Gasteiger partial charge in [-0.3, -0.25) is 14.4 Å². The van der Waals surface area contributed by atoms with Crippen LogP contribution in [0.4, 0.5) is 0 Å². The minimum absolute atomic E-state index is 0.0596. The van der Waals surface area contributed by atoms with Crippen LogP contribution < -0.4 is 0 Å². The molecule has 1 amide bonds. The predicted octanol–water partition coefficient (Wildman–Crippen LogP) is 2.21. The Kier molecular flexibility index (Phi) is 5.43. The van der Waals surface area contributed by atoms with Gasteiger partial charge in [-0.1, -0.05) is 12.1 Å². The first-order valence-electron chi connectivity index (χ1n) is 6.46. The van der Waals surface area contributed by atoms with Gasteiger partial charge in [-0.2, -0.15) is 0 Å². The summed E-state index contributed by atoms with van der Waals surface area (Å²) in [5.41, 5.74) is 0.997. The Hall–Kier alpha value is -2.17. The van der Waals surface area contributed by atoms with Crippen LogP contribution in [0.3, 0.4) is 0 Å². The van der Waals surface area contributed by atoms with Crippen LogP contribution in [0, 0.1) is 0 Å². The summed E-state index contributed by atoms with van der Waals surface area (Å²) in [5.74, 6) is -1.22. The Balaban J connectivity index is 2.88. The molecule has 0 fully saturated rings. The van der Waals surface area contributed by atoms with E-state index in [-0.39, 0.29) is 30.7 Å². The number of carbonyl (C=O) groups excluding carboxylic acids is 2.